The largest absolute Gasteiger partial charge is 0.495 e. The highest BCUT2D eigenvalue weighted by Crippen LogP contribution is 2.29. The molecule has 7 heteroatoms. The van der Waals surface area contributed by atoms with E-state index in [4.69, 9.17) is 9.47 Å². The maximum absolute atomic E-state index is 12.4. The molecule has 138 valence electrons. The fourth-order valence-corrected chi connectivity index (χ4v) is 2.33. The minimum Gasteiger partial charge on any atom is -0.495 e. The summed E-state index contributed by atoms with van der Waals surface area (Å²) >= 11 is 0. The minimum atomic E-state index is -0.788. The lowest BCUT2D eigenvalue weighted by molar-refractivity contribution is -0.384. The van der Waals surface area contributed by atoms with Crippen LogP contribution in [0.2, 0.25) is 0 Å². The van der Waals surface area contributed by atoms with Crippen molar-refractivity contribution in [1.82, 2.24) is 0 Å². The Morgan fingerprint density at radius 3 is 2.31 bits per heavy atom. The van der Waals surface area contributed by atoms with Crippen molar-refractivity contribution in [1.29, 1.82) is 0 Å². The Labute approximate surface area is 152 Å². The van der Waals surface area contributed by atoms with Crippen molar-refractivity contribution in [2.75, 3.05) is 12.4 Å². The molecule has 0 spiro atoms. The smallest absolute Gasteiger partial charge is 0.271 e. The molecular weight excluding hydrogens is 336 g/mol. The van der Waals surface area contributed by atoms with Crippen molar-refractivity contribution < 1.29 is 19.2 Å². The Kier molecular flexibility index (Phi) is 6.16. The Morgan fingerprint density at radius 1 is 1.12 bits per heavy atom. The van der Waals surface area contributed by atoms with Crippen LogP contribution in [-0.2, 0) is 4.79 Å². The van der Waals surface area contributed by atoms with Gasteiger partial charge in [-0.1, -0.05) is 26.0 Å². The van der Waals surface area contributed by atoms with Gasteiger partial charge in [-0.15, -0.1) is 0 Å². The molecule has 0 saturated carbocycles. The van der Waals surface area contributed by atoms with E-state index in [0.29, 0.717) is 17.4 Å². The van der Waals surface area contributed by atoms with Crippen LogP contribution in [0.1, 0.15) is 32.3 Å². The highest BCUT2D eigenvalue weighted by Gasteiger charge is 2.19. The second-order valence-corrected chi connectivity index (χ2v) is 6.11. The number of ether oxygens (including phenoxy) is 2. The van der Waals surface area contributed by atoms with E-state index in [2.05, 4.69) is 19.2 Å². The number of hydrogen-bond donors (Lipinski definition) is 1. The Balaban J connectivity index is 2.09. The number of hydrogen-bond acceptors (Lipinski definition) is 5. The van der Waals surface area contributed by atoms with Crippen LogP contribution in [0.4, 0.5) is 11.4 Å². The molecule has 2 rings (SSSR count). The van der Waals surface area contributed by atoms with Gasteiger partial charge in [0.15, 0.2) is 6.10 Å². The molecule has 7 nitrogen and oxygen atoms in total. The van der Waals surface area contributed by atoms with Crippen molar-refractivity contribution in [2.24, 2.45) is 0 Å². The second kappa shape index (κ2) is 8.33. The number of rotatable bonds is 7. The summed E-state index contributed by atoms with van der Waals surface area (Å²) in [6, 6.07) is 11.5. The number of nitrogens with one attached hydrogen (secondary N) is 1. The van der Waals surface area contributed by atoms with Crippen LogP contribution in [0.5, 0.6) is 11.5 Å². The summed E-state index contributed by atoms with van der Waals surface area (Å²) < 4.78 is 10.8. The van der Waals surface area contributed by atoms with Crippen LogP contribution in [-0.4, -0.2) is 24.0 Å². The molecule has 1 N–H and O–H groups in total. The van der Waals surface area contributed by atoms with Crippen LogP contribution in [0.15, 0.2) is 42.5 Å². The lowest BCUT2D eigenvalue weighted by Gasteiger charge is -2.16. The average molecular weight is 358 g/mol. The van der Waals surface area contributed by atoms with Crippen molar-refractivity contribution in [3.8, 4) is 11.5 Å². The molecule has 1 amide bonds. The first kappa shape index (κ1) is 19.2. The van der Waals surface area contributed by atoms with Gasteiger partial charge in [0.1, 0.15) is 11.5 Å². The van der Waals surface area contributed by atoms with E-state index in [0.717, 1.165) is 0 Å². The second-order valence-electron chi connectivity index (χ2n) is 6.11. The molecule has 0 fully saturated rings. The predicted octanol–water partition coefficient (Wildman–Crippen LogP) is 4.13. The fraction of sp³-hybridized carbons (Fsp3) is 0.316. The molecule has 0 aromatic heterocycles. The highest BCUT2D eigenvalue weighted by molar-refractivity contribution is 5.95. The maximum atomic E-state index is 12.4. The number of methoxy groups -OCH3 is 1. The van der Waals surface area contributed by atoms with Crippen molar-refractivity contribution in [3.63, 3.8) is 0 Å². The predicted molar refractivity (Wildman–Crippen MR) is 98.9 cm³/mol. The van der Waals surface area contributed by atoms with Gasteiger partial charge in [-0.2, -0.15) is 0 Å². The third-order valence-electron chi connectivity index (χ3n) is 3.88. The Hall–Kier alpha value is -3.09. The molecule has 2 aromatic carbocycles. The first-order chi connectivity index (χ1) is 12.3. The van der Waals surface area contributed by atoms with Gasteiger partial charge >= 0.3 is 0 Å². The van der Waals surface area contributed by atoms with E-state index in [1.54, 1.807) is 6.92 Å². The zero-order valence-electron chi connectivity index (χ0n) is 15.2. The van der Waals surface area contributed by atoms with Gasteiger partial charge in [0.25, 0.3) is 11.6 Å². The lowest BCUT2D eigenvalue weighted by Crippen LogP contribution is -2.30. The molecule has 26 heavy (non-hydrogen) atoms. The van der Waals surface area contributed by atoms with Crippen molar-refractivity contribution in [3.05, 3.63) is 58.1 Å². The summed E-state index contributed by atoms with van der Waals surface area (Å²) in [4.78, 5) is 22.8. The molecule has 0 bridgehead atoms. The van der Waals surface area contributed by atoms with Gasteiger partial charge in [-0.05, 0) is 36.6 Å². The number of carbonyl (C=O) groups is 1. The number of amides is 1. The van der Waals surface area contributed by atoms with E-state index in [-0.39, 0.29) is 11.4 Å². The standard InChI is InChI=1S/C19H22N2O5/c1-12(2)14-5-8-16(9-6-14)26-13(3)19(22)20-17-11-15(21(23)24)7-10-18(17)25-4/h5-13H,1-4H3,(H,20,22)/t13-/m0/s1. The molecule has 0 radical (unpaired) electrons. The first-order valence-corrected chi connectivity index (χ1v) is 8.21. The molecule has 0 heterocycles. The van der Waals surface area contributed by atoms with Gasteiger partial charge in [0.2, 0.25) is 0 Å². The number of nitrogens with zero attached hydrogens (tertiary/aromatic N) is 1. The summed E-state index contributed by atoms with van der Waals surface area (Å²) in [5, 5.41) is 13.5. The third kappa shape index (κ3) is 4.72. The SMILES string of the molecule is COc1ccc([N+](=O)[O-])cc1NC(=O)[C@H](C)Oc1ccc(C(C)C)cc1. The van der Waals surface area contributed by atoms with Crippen LogP contribution in [0, 0.1) is 10.1 Å². The molecule has 0 aliphatic heterocycles. The van der Waals surface area contributed by atoms with Crippen molar-refractivity contribution in [2.45, 2.75) is 32.8 Å². The van der Waals surface area contributed by atoms with Crippen LogP contribution < -0.4 is 14.8 Å². The summed E-state index contributed by atoms with van der Waals surface area (Å²) in [5.41, 5.74) is 1.26. The van der Waals surface area contributed by atoms with E-state index >= 15 is 0 Å². The van der Waals surface area contributed by atoms with Gasteiger partial charge in [-0.3, -0.25) is 14.9 Å². The van der Waals surface area contributed by atoms with Crippen LogP contribution in [0.3, 0.4) is 0 Å². The van der Waals surface area contributed by atoms with Gasteiger partial charge < -0.3 is 14.8 Å². The molecule has 0 aliphatic carbocycles. The Bertz CT molecular complexity index is 787. The molecule has 2 aromatic rings. The molecule has 0 saturated heterocycles. The number of nitro groups is 1. The summed E-state index contributed by atoms with van der Waals surface area (Å²) in [7, 11) is 1.42. The fourth-order valence-electron chi connectivity index (χ4n) is 2.33. The summed E-state index contributed by atoms with van der Waals surface area (Å²) in [5.74, 6) is 0.878. The number of carbonyl (C=O) groups excluding carboxylic acids is 1. The minimum absolute atomic E-state index is 0.140. The number of nitro benzene ring substituents is 1. The average Bonchev–Trinajstić information content (AvgIpc) is 2.61. The van der Waals surface area contributed by atoms with Gasteiger partial charge in [0.05, 0.1) is 17.7 Å². The van der Waals surface area contributed by atoms with Gasteiger partial charge in [-0.25, -0.2) is 0 Å². The number of benzene rings is 2. The van der Waals surface area contributed by atoms with Crippen molar-refractivity contribution >= 4 is 17.3 Å². The van der Waals surface area contributed by atoms with Crippen LogP contribution in [0.25, 0.3) is 0 Å². The summed E-state index contributed by atoms with van der Waals surface area (Å²) in [6.07, 6.45) is -0.788. The van der Waals surface area contributed by atoms with E-state index in [9.17, 15) is 14.9 Å². The molecule has 1 atom stereocenters. The summed E-state index contributed by atoms with van der Waals surface area (Å²) in [6.45, 7) is 5.80. The van der Waals surface area contributed by atoms with E-state index in [1.165, 1.54) is 30.9 Å². The van der Waals surface area contributed by atoms with Gasteiger partial charge in [0, 0.05) is 12.1 Å². The molecular formula is C19H22N2O5. The zero-order chi connectivity index (χ0) is 19.3. The zero-order valence-corrected chi connectivity index (χ0v) is 15.2. The molecule has 0 aliphatic rings. The van der Waals surface area contributed by atoms with E-state index < -0.39 is 16.9 Å². The highest BCUT2D eigenvalue weighted by atomic mass is 16.6. The first-order valence-electron chi connectivity index (χ1n) is 8.21. The van der Waals surface area contributed by atoms with E-state index in [1.807, 2.05) is 24.3 Å². The topological polar surface area (TPSA) is 90.7 Å². The maximum Gasteiger partial charge on any atom is 0.271 e. The normalized spacial score (nSPS) is 11.7. The quantitative estimate of drug-likeness (QED) is 0.593. The number of anilines is 1. The molecule has 0 unspecified atom stereocenters. The van der Waals surface area contributed by atoms with Crippen LogP contribution >= 0.6 is 0 Å². The third-order valence-corrected chi connectivity index (χ3v) is 3.88. The Morgan fingerprint density at radius 2 is 1.77 bits per heavy atom. The monoisotopic (exact) mass is 358 g/mol. The number of non-ortho nitro benzene ring substituents is 1. The lowest BCUT2D eigenvalue weighted by atomic mass is 10.0.